The molecule has 2 N–H and O–H groups in total. The number of hydrogen-bond donors (Lipinski definition) is 1. The van der Waals surface area contributed by atoms with Gasteiger partial charge >= 0.3 is 6.18 Å². The Kier molecular flexibility index (Phi) is 5.54. The minimum atomic E-state index is -4.33. The summed E-state index contributed by atoms with van der Waals surface area (Å²) in [4.78, 5) is 3.93. The number of nitrogens with two attached hydrogens (primary N) is 1. The standard InChI is InChI=1S/C15H21F3N2S/c1-2-3-10-4-6-12(19)13(8-10)21-14-7-5-11(9-20-14)15(16,17)18/h5,7,9-10,12-13H,2-4,6,8,19H2,1H3. The van der Waals surface area contributed by atoms with Crippen molar-refractivity contribution >= 4 is 11.8 Å². The van der Waals surface area contributed by atoms with Crippen molar-refractivity contribution in [1.29, 1.82) is 0 Å². The van der Waals surface area contributed by atoms with Gasteiger partial charge in [-0.2, -0.15) is 13.2 Å². The monoisotopic (exact) mass is 318 g/mol. The summed E-state index contributed by atoms with van der Waals surface area (Å²) in [5.74, 6) is 0.682. The minimum absolute atomic E-state index is 0.104. The zero-order valence-corrected chi connectivity index (χ0v) is 12.9. The lowest BCUT2D eigenvalue weighted by Crippen LogP contribution is -2.38. The third kappa shape index (κ3) is 4.61. The van der Waals surface area contributed by atoms with E-state index in [0.717, 1.165) is 37.9 Å². The molecule has 1 fully saturated rings. The first-order chi connectivity index (χ1) is 9.90. The summed E-state index contributed by atoms with van der Waals surface area (Å²) < 4.78 is 37.5. The largest absolute Gasteiger partial charge is 0.417 e. The van der Waals surface area contributed by atoms with Gasteiger partial charge in [-0.1, -0.05) is 19.8 Å². The van der Waals surface area contributed by atoms with Crippen LogP contribution >= 0.6 is 11.8 Å². The van der Waals surface area contributed by atoms with E-state index < -0.39 is 11.7 Å². The van der Waals surface area contributed by atoms with Crippen LogP contribution < -0.4 is 5.73 Å². The smallest absolute Gasteiger partial charge is 0.327 e. The molecular weight excluding hydrogens is 297 g/mol. The Hall–Kier alpha value is -0.750. The molecule has 3 atom stereocenters. The van der Waals surface area contributed by atoms with Gasteiger partial charge in [0.05, 0.1) is 10.6 Å². The fraction of sp³-hybridized carbons (Fsp3) is 0.667. The van der Waals surface area contributed by atoms with E-state index in [9.17, 15) is 13.2 Å². The Labute approximate surface area is 127 Å². The average molecular weight is 318 g/mol. The summed E-state index contributed by atoms with van der Waals surface area (Å²) in [6.07, 6.45) is 2.11. The number of halogens is 3. The van der Waals surface area contributed by atoms with Crippen LogP contribution in [0.2, 0.25) is 0 Å². The van der Waals surface area contributed by atoms with Crippen molar-refractivity contribution in [1.82, 2.24) is 4.98 Å². The van der Waals surface area contributed by atoms with Gasteiger partial charge < -0.3 is 5.73 Å². The highest BCUT2D eigenvalue weighted by Crippen LogP contribution is 2.37. The molecule has 6 heteroatoms. The highest BCUT2D eigenvalue weighted by molar-refractivity contribution is 7.99. The normalized spacial score (nSPS) is 26.8. The van der Waals surface area contributed by atoms with Crippen molar-refractivity contribution in [2.75, 3.05) is 0 Å². The lowest BCUT2D eigenvalue weighted by atomic mass is 9.83. The predicted octanol–water partition coefficient (Wildman–Crippen LogP) is 4.49. The molecule has 0 amide bonds. The molecule has 3 unspecified atom stereocenters. The molecule has 0 aromatic carbocycles. The zero-order valence-electron chi connectivity index (χ0n) is 12.1. The molecule has 1 saturated carbocycles. The van der Waals surface area contributed by atoms with Crippen LogP contribution in [0.4, 0.5) is 13.2 Å². The molecule has 1 aliphatic carbocycles. The Morgan fingerprint density at radius 3 is 2.67 bits per heavy atom. The average Bonchev–Trinajstić information content (AvgIpc) is 2.42. The summed E-state index contributed by atoms with van der Waals surface area (Å²) in [6, 6.07) is 2.64. The van der Waals surface area contributed by atoms with E-state index in [1.165, 1.54) is 24.2 Å². The van der Waals surface area contributed by atoms with E-state index in [1.54, 1.807) is 0 Å². The van der Waals surface area contributed by atoms with Crippen LogP contribution in [-0.4, -0.2) is 16.3 Å². The summed E-state index contributed by atoms with van der Waals surface area (Å²) >= 11 is 1.52. The van der Waals surface area contributed by atoms with E-state index in [0.29, 0.717) is 10.9 Å². The third-order valence-electron chi connectivity index (χ3n) is 3.98. The van der Waals surface area contributed by atoms with Crippen molar-refractivity contribution in [2.45, 2.75) is 61.5 Å². The number of nitrogens with zero attached hydrogens (tertiary/aromatic N) is 1. The molecule has 0 bridgehead atoms. The highest BCUT2D eigenvalue weighted by Gasteiger charge is 2.32. The van der Waals surface area contributed by atoms with E-state index >= 15 is 0 Å². The summed E-state index contributed by atoms with van der Waals surface area (Å²) in [5, 5.41) is 0.875. The number of rotatable bonds is 4. The maximum absolute atomic E-state index is 12.5. The van der Waals surface area contributed by atoms with E-state index in [4.69, 9.17) is 5.73 Å². The molecular formula is C15H21F3N2S. The van der Waals surface area contributed by atoms with E-state index in [1.807, 2.05) is 0 Å². The second-order valence-corrected chi connectivity index (χ2v) is 6.93. The Morgan fingerprint density at radius 2 is 2.10 bits per heavy atom. The zero-order chi connectivity index (χ0) is 15.5. The molecule has 21 heavy (non-hydrogen) atoms. The Morgan fingerprint density at radius 1 is 1.33 bits per heavy atom. The molecule has 1 aromatic heterocycles. The molecule has 2 nitrogen and oxygen atoms in total. The maximum Gasteiger partial charge on any atom is 0.417 e. The summed E-state index contributed by atoms with van der Waals surface area (Å²) in [6.45, 7) is 2.17. The number of alkyl halides is 3. The minimum Gasteiger partial charge on any atom is -0.327 e. The first-order valence-corrected chi connectivity index (χ1v) is 8.23. The van der Waals surface area contributed by atoms with E-state index in [2.05, 4.69) is 11.9 Å². The van der Waals surface area contributed by atoms with Gasteiger partial charge in [-0.05, 0) is 37.3 Å². The van der Waals surface area contributed by atoms with Crippen LogP contribution in [0.3, 0.4) is 0 Å². The van der Waals surface area contributed by atoms with Gasteiger partial charge in [0.2, 0.25) is 0 Å². The summed E-state index contributed by atoms with van der Waals surface area (Å²) in [7, 11) is 0. The molecule has 1 aromatic rings. The molecule has 2 rings (SSSR count). The second kappa shape index (κ2) is 7.01. The molecule has 1 aliphatic rings. The SMILES string of the molecule is CCCC1CCC(N)C(Sc2ccc(C(F)(F)F)cn2)C1. The van der Waals surface area contributed by atoms with Crippen molar-refractivity contribution in [3.05, 3.63) is 23.9 Å². The van der Waals surface area contributed by atoms with Crippen LogP contribution in [0.15, 0.2) is 23.4 Å². The van der Waals surface area contributed by atoms with Crippen LogP contribution in [0.5, 0.6) is 0 Å². The van der Waals surface area contributed by atoms with Crippen molar-refractivity contribution < 1.29 is 13.2 Å². The van der Waals surface area contributed by atoms with Crippen LogP contribution in [0, 0.1) is 5.92 Å². The fourth-order valence-corrected chi connectivity index (χ4v) is 4.06. The van der Waals surface area contributed by atoms with Gasteiger partial charge in [-0.15, -0.1) is 11.8 Å². The van der Waals surface area contributed by atoms with Gasteiger partial charge in [-0.3, -0.25) is 0 Å². The number of thioether (sulfide) groups is 1. The van der Waals surface area contributed by atoms with Crippen molar-refractivity contribution in [3.8, 4) is 0 Å². The molecule has 0 saturated heterocycles. The number of hydrogen-bond acceptors (Lipinski definition) is 3. The first kappa shape index (κ1) is 16.6. The van der Waals surface area contributed by atoms with E-state index in [-0.39, 0.29) is 11.3 Å². The van der Waals surface area contributed by atoms with Gasteiger partial charge in [0.15, 0.2) is 0 Å². The van der Waals surface area contributed by atoms with Crippen molar-refractivity contribution in [3.63, 3.8) is 0 Å². The van der Waals surface area contributed by atoms with Gasteiger partial charge in [0.25, 0.3) is 0 Å². The van der Waals surface area contributed by atoms with Crippen LogP contribution in [0.25, 0.3) is 0 Å². The topological polar surface area (TPSA) is 38.9 Å². The summed E-state index contributed by atoms with van der Waals surface area (Å²) in [5.41, 5.74) is 5.45. The van der Waals surface area contributed by atoms with Gasteiger partial charge in [0, 0.05) is 17.5 Å². The molecule has 0 aliphatic heterocycles. The predicted molar refractivity (Wildman–Crippen MR) is 79.1 cm³/mol. The Bertz CT molecular complexity index is 447. The number of pyridine rings is 1. The molecule has 0 radical (unpaired) electrons. The van der Waals surface area contributed by atoms with Crippen LogP contribution in [0.1, 0.15) is 44.6 Å². The molecule has 118 valence electrons. The lowest BCUT2D eigenvalue weighted by Gasteiger charge is -2.33. The lowest BCUT2D eigenvalue weighted by molar-refractivity contribution is -0.137. The maximum atomic E-state index is 12.5. The molecule has 1 heterocycles. The fourth-order valence-electron chi connectivity index (χ4n) is 2.81. The van der Waals surface area contributed by atoms with Crippen LogP contribution in [-0.2, 0) is 6.18 Å². The first-order valence-electron chi connectivity index (χ1n) is 7.35. The van der Waals surface area contributed by atoms with Crippen molar-refractivity contribution in [2.24, 2.45) is 11.7 Å². The van der Waals surface area contributed by atoms with Gasteiger partial charge in [0.1, 0.15) is 0 Å². The number of aromatic nitrogens is 1. The Balaban J connectivity index is 1.99. The quantitative estimate of drug-likeness (QED) is 0.889. The van der Waals surface area contributed by atoms with Gasteiger partial charge in [-0.25, -0.2) is 4.98 Å². The second-order valence-electron chi connectivity index (χ2n) is 5.67. The third-order valence-corrected chi connectivity index (χ3v) is 5.31. The highest BCUT2D eigenvalue weighted by atomic mass is 32.2. The molecule has 0 spiro atoms.